The molecule has 7 nitrogen and oxygen atoms in total. The fourth-order valence-corrected chi connectivity index (χ4v) is 4.24. The average molecular weight is 368 g/mol. The molecule has 25 heavy (non-hydrogen) atoms. The minimum atomic E-state index is -3.86. The molecule has 0 aromatic heterocycles. The number of sulfonamides is 1. The molecule has 0 saturated carbocycles. The van der Waals surface area contributed by atoms with Gasteiger partial charge >= 0.3 is 5.97 Å². The number of likely N-dealkylation sites (tertiary alicyclic amines) is 1. The van der Waals surface area contributed by atoms with Crippen LogP contribution in [0.4, 0.5) is 0 Å². The van der Waals surface area contributed by atoms with Gasteiger partial charge in [-0.1, -0.05) is 32.0 Å². The van der Waals surface area contributed by atoms with Crippen LogP contribution in [-0.4, -0.2) is 48.9 Å². The van der Waals surface area contributed by atoms with Crippen LogP contribution in [0.1, 0.15) is 33.1 Å². The third-order valence-electron chi connectivity index (χ3n) is 4.18. The van der Waals surface area contributed by atoms with Crippen LogP contribution in [0.3, 0.4) is 0 Å². The minimum absolute atomic E-state index is 0.0679. The number of nitrogens with one attached hydrogen (secondary N) is 1. The maximum Gasteiger partial charge on any atom is 0.326 e. The van der Waals surface area contributed by atoms with Gasteiger partial charge in [0.1, 0.15) is 12.1 Å². The predicted octanol–water partition coefficient (Wildman–Crippen LogP) is 1.46. The summed E-state index contributed by atoms with van der Waals surface area (Å²) in [6.07, 6.45) is 1.29. The van der Waals surface area contributed by atoms with E-state index in [-0.39, 0.29) is 10.8 Å². The second-order valence-electron chi connectivity index (χ2n) is 6.64. The molecule has 2 rings (SSSR count). The normalized spacial score (nSPS) is 19.2. The van der Waals surface area contributed by atoms with E-state index in [2.05, 4.69) is 4.72 Å². The van der Waals surface area contributed by atoms with Crippen molar-refractivity contribution in [2.24, 2.45) is 5.92 Å². The molecule has 1 aromatic rings. The number of benzene rings is 1. The molecule has 2 atom stereocenters. The first-order valence-corrected chi connectivity index (χ1v) is 9.81. The van der Waals surface area contributed by atoms with Crippen LogP contribution >= 0.6 is 0 Å². The summed E-state index contributed by atoms with van der Waals surface area (Å²) < 4.78 is 27.6. The van der Waals surface area contributed by atoms with Crippen LogP contribution in [0.25, 0.3) is 0 Å². The third-order valence-corrected chi connectivity index (χ3v) is 5.66. The van der Waals surface area contributed by atoms with Crippen molar-refractivity contribution in [1.29, 1.82) is 0 Å². The lowest BCUT2D eigenvalue weighted by Crippen LogP contribution is -2.52. The minimum Gasteiger partial charge on any atom is -0.480 e. The third kappa shape index (κ3) is 4.79. The smallest absolute Gasteiger partial charge is 0.326 e. The van der Waals surface area contributed by atoms with Crippen molar-refractivity contribution < 1.29 is 23.1 Å². The average Bonchev–Trinajstić information content (AvgIpc) is 3.03. The van der Waals surface area contributed by atoms with Crippen molar-refractivity contribution in [3.8, 4) is 0 Å². The number of rotatable bonds is 7. The molecule has 1 amide bonds. The van der Waals surface area contributed by atoms with Gasteiger partial charge in [0.2, 0.25) is 15.9 Å². The Morgan fingerprint density at radius 2 is 1.92 bits per heavy atom. The van der Waals surface area contributed by atoms with Crippen molar-refractivity contribution in [3.05, 3.63) is 30.3 Å². The van der Waals surface area contributed by atoms with E-state index in [0.717, 1.165) is 0 Å². The molecule has 2 N–H and O–H groups in total. The number of nitrogens with zero attached hydrogens (tertiary/aromatic N) is 1. The molecule has 1 aliphatic heterocycles. The monoisotopic (exact) mass is 368 g/mol. The Morgan fingerprint density at radius 3 is 2.48 bits per heavy atom. The lowest BCUT2D eigenvalue weighted by atomic mass is 10.0. The summed E-state index contributed by atoms with van der Waals surface area (Å²) in [5.41, 5.74) is 0. The Hall–Kier alpha value is -1.93. The van der Waals surface area contributed by atoms with E-state index in [0.29, 0.717) is 25.8 Å². The maximum absolute atomic E-state index is 12.8. The van der Waals surface area contributed by atoms with Gasteiger partial charge in [0.25, 0.3) is 0 Å². The van der Waals surface area contributed by atoms with Crippen LogP contribution in [0.2, 0.25) is 0 Å². The summed E-state index contributed by atoms with van der Waals surface area (Å²) in [4.78, 5) is 25.5. The van der Waals surface area contributed by atoms with Crippen molar-refractivity contribution in [2.75, 3.05) is 6.54 Å². The Labute approximate surface area is 148 Å². The van der Waals surface area contributed by atoms with E-state index < -0.39 is 34.0 Å². The van der Waals surface area contributed by atoms with Gasteiger partial charge in [-0.15, -0.1) is 0 Å². The summed E-state index contributed by atoms with van der Waals surface area (Å²) >= 11 is 0. The Bertz CT molecular complexity index is 718. The highest BCUT2D eigenvalue weighted by Gasteiger charge is 2.38. The largest absolute Gasteiger partial charge is 0.480 e. The van der Waals surface area contributed by atoms with Gasteiger partial charge in [0.15, 0.2) is 0 Å². The zero-order valence-corrected chi connectivity index (χ0v) is 15.2. The highest BCUT2D eigenvalue weighted by Crippen LogP contribution is 2.21. The fraction of sp³-hybridized carbons (Fsp3) is 0.529. The molecule has 0 aliphatic carbocycles. The molecule has 0 spiro atoms. The van der Waals surface area contributed by atoms with E-state index in [1.807, 2.05) is 13.8 Å². The predicted molar refractivity (Wildman–Crippen MR) is 92.4 cm³/mol. The van der Waals surface area contributed by atoms with Gasteiger partial charge in [-0.2, -0.15) is 4.72 Å². The molecule has 1 aromatic carbocycles. The second kappa shape index (κ2) is 7.97. The molecular formula is C17H24N2O5S. The van der Waals surface area contributed by atoms with E-state index in [1.54, 1.807) is 18.2 Å². The quantitative estimate of drug-likeness (QED) is 0.758. The van der Waals surface area contributed by atoms with Crippen LogP contribution in [0.15, 0.2) is 35.2 Å². The summed E-state index contributed by atoms with van der Waals surface area (Å²) in [6.45, 7) is 4.10. The summed E-state index contributed by atoms with van der Waals surface area (Å²) in [6, 6.07) is 5.96. The number of aliphatic carboxylic acids is 1. The standard InChI is InChI=1S/C17H24N2O5S/c1-12(2)11-14(16(20)19-10-6-9-15(19)17(21)22)18-25(23,24)13-7-4-3-5-8-13/h3-5,7-8,12,14-15,18H,6,9-11H2,1-2H3,(H,21,22)/t14-,15+/m1/s1. The van der Waals surface area contributed by atoms with Crippen molar-refractivity contribution in [3.63, 3.8) is 0 Å². The van der Waals surface area contributed by atoms with Gasteiger partial charge in [0, 0.05) is 6.54 Å². The number of hydrogen-bond donors (Lipinski definition) is 2. The van der Waals surface area contributed by atoms with Crippen LogP contribution in [0, 0.1) is 5.92 Å². The summed E-state index contributed by atoms with van der Waals surface area (Å²) in [5, 5.41) is 9.27. The molecule has 0 radical (unpaired) electrons. The highest BCUT2D eigenvalue weighted by molar-refractivity contribution is 7.89. The van der Waals surface area contributed by atoms with Crippen LogP contribution < -0.4 is 4.72 Å². The van der Waals surface area contributed by atoms with Gasteiger partial charge in [0.05, 0.1) is 4.90 Å². The van der Waals surface area contributed by atoms with Crippen molar-refractivity contribution in [2.45, 2.75) is 50.1 Å². The van der Waals surface area contributed by atoms with Gasteiger partial charge in [-0.05, 0) is 37.3 Å². The van der Waals surface area contributed by atoms with Crippen LogP contribution in [0.5, 0.6) is 0 Å². The molecule has 0 unspecified atom stereocenters. The van der Waals surface area contributed by atoms with Crippen molar-refractivity contribution >= 4 is 21.9 Å². The van der Waals surface area contributed by atoms with E-state index in [4.69, 9.17) is 0 Å². The first-order valence-electron chi connectivity index (χ1n) is 8.33. The maximum atomic E-state index is 12.8. The number of carbonyl (C=O) groups is 2. The molecule has 1 aliphatic rings. The molecular weight excluding hydrogens is 344 g/mol. The fourth-order valence-electron chi connectivity index (χ4n) is 3.01. The Kier molecular flexibility index (Phi) is 6.18. The first kappa shape index (κ1) is 19.4. The SMILES string of the molecule is CC(C)C[C@@H](NS(=O)(=O)c1ccccc1)C(=O)N1CCC[C@H]1C(=O)O. The second-order valence-corrected chi connectivity index (χ2v) is 8.36. The lowest BCUT2D eigenvalue weighted by molar-refractivity contribution is -0.149. The molecule has 1 fully saturated rings. The first-order chi connectivity index (χ1) is 11.7. The molecule has 8 heteroatoms. The topological polar surface area (TPSA) is 104 Å². The van der Waals surface area contributed by atoms with Gasteiger partial charge in [-0.25, -0.2) is 13.2 Å². The number of carboxylic acids is 1. The summed E-state index contributed by atoms with van der Waals surface area (Å²) in [7, 11) is -3.86. The molecule has 0 bridgehead atoms. The van der Waals surface area contributed by atoms with E-state index in [9.17, 15) is 23.1 Å². The Morgan fingerprint density at radius 1 is 1.28 bits per heavy atom. The Balaban J connectivity index is 2.24. The molecule has 1 saturated heterocycles. The number of carbonyl (C=O) groups excluding carboxylic acids is 1. The van der Waals surface area contributed by atoms with Crippen LogP contribution in [-0.2, 0) is 19.6 Å². The summed E-state index contributed by atoms with van der Waals surface area (Å²) in [5.74, 6) is -1.46. The van der Waals surface area contributed by atoms with Crippen molar-refractivity contribution in [1.82, 2.24) is 9.62 Å². The molecule has 138 valence electrons. The zero-order chi connectivity index (χ0) is 18.6. The van der Waals surface area contributed by atoms with E-state index >= 15 is 0 Å². The number of carboxylic acid groups (broad SMARTS) is 1. The number of hydrogen-bond acceptors (Lipinski definition) is 4. The lowest BCUT2D eigenvalue weighted by Gasteiger charge is -2.28. The highest BCUT2D eigenvalue weighted by atomic mass is 32.2. The zero-order valence-electron chi connectivity index (χ0n) is 14.4. The van der Waals surface area contributed by atoms with Gasteiger partial charge in [-0.3, -0.25) is 4.79 Å². The molecule has 1 heterocycles. The van der Waals surface area contributed by atoms with E-state index in [1.165, 1.54) is 17.0 Å². The van der Waals surface area contributed by atoms with Gasteiger partial charge < -0.3 is 10.0 Å². The number of amides is 1.